The topological polar surface area (TPSA) is 72.9 Å². The van der Waals surface area contributed by atoms with Gasteiger partial charge in [-0.3, -0.25) is 10.1 Å². The van der Waals surface area contributed by atoms with Crippen molar-refractivity contribution in [3.63, 3.8) is 0 Å². The number of nitrogens with zero attached hydrogens (tertiary/aromatic N) is 2. The fourth-order valence-electron chi connectivity index (χ4n) is 2.17. The lowest BCUT2D eigenvalue weighted by Gasteiger charge is -2.13. The highest BCUT2D eigenvalue weighted by atomic mass is 16.1. The van der Waals surface area contributed by atoms with Gasteiger partial charge in [-0.2, -0.15) is 0 Å². The number of nitrogens with one attached hydrogen (secondary N) is 1. The lowest BCUT2D eigenvalue weighted by molar-refractivity contribution is -0.116. The number of carbonyl (C=O) groups excluding carboxylic acids is 1. The normalized spacial score (nSPS) is 12.4. The lowest BCUT2D eigenvalue weighted by Crippen LogP contribution is -2.22. The molecule has 0 aliphatic heterocycles. The number of imidazole rings is 1. The minimum atomic E-state index is -0.306. The molecule has 5 heteroatoms. The highest BCUT2D eigenvalue weighted by molar-refractivity contribution is 5.89. The van der Waals surface area contributed by atoms with Crippen LogP contribution in [0.2, 0.25) is 0 Å². The molecule has 0 bridgehead atoms. The summed E-state index contributed by atoms with van der Waals surface area (Å²) in [5, 5.41) is 2.83. The molecule has 0 saturated heterocycles. The summed E-state index contributed by atoms with van der Waals surface area (Å²) in [5.74, 6) is 0.943. The summed E-state index contributed by atoms with van der Waals surface area (Å²) in [7, 11) is 0. The average molecular weight is 286 g/mol. The molecule has 0 aliphatic carbocycles. The van der Waals surface area contributed by atoms with E-state index in [0.29, 0.717) is 11.9 Å². The van der Waals surface area contributed by atoms with Crippen molar-refractivity contribution >= 4 is 11.9 Å². The van der Waals surface area contributed by atoms with Crippen LogP contribution in [0.4, 0.5) is 5.95 Å². The molecule has 1 amide bonds. The molecule has 1 unspecified atom stereocenters. The first-order chi connectivity index (χ1) is 10.1. The molecule has 1 aromatic carbocycles. The van der Waals surface area contributed by atoms with Gasteiger partial charge in [0.15, 0.2) is 0 Å². The molecule has 3 N–H and O–H groups in total. The van der Waals surface area contributed by atoms with Crippen LogP contribution in [0.5, 0.6) is 0 Å². The molecule has 21 heavy (non-hydrogen) atoms. The van der Waals surface area contributed by atoms with Crippen LogP contribution < -0.4 is 11.1 Å². The van der Waals surface area contributed by atoms with Crippen molar-refractivity contribution in [2.24, 2.45) is 11.7 Å². The van der Waals surface area contributed by atoms with Gasteiger partial charge >= 0.3 is 0 Å². The average Bonchev–Trinajstić information content (AvgIpc) is 2.86. The number of nitrogens with two attached hydrogens (primary N) is 1. The van der Waals surface area contributed by atoms with Crippen molar-refractivity contribution in [1.82, 2.24) is 9.55 Å². The maximum Gasteiger partial charge on any atom is 0.228 e. The summed E-state index contributed by atoms with van der Waals surface area (Å²) in [6, 6.07) is 9.32. The van der Waals surface area contributed by atoms with Crippen LogP contribution in [-0.4, -0.2) is 15.5 Å². The van der Waals surface area contributed by atoms with E-state index in [4.69, 9.17) is 5.73 Å². The monoisotopic (exact) mass is 286 g/mol. The van der Waals surface area contributed by atoms with Crippen molar-refractivity contribution in [1.29, 1.82) is 0 Å². The fourth-order valence-corrected chi connectivity index (χ4v) is 2.17. The maximum absolute atomic E-state index is 12.1. The van der Waals surface area contributed by atoms with Crippen molar-refractivity contribution in [2.75, 3.05) is 5.32 Å². The first-order valence-electron chi connectivity index (χ1n) is 7.17. The van der Waals surface area contributed by atoms with Gasteiger partial charge in [-0.05, 0) is 11.5 Å². The van der Waals surface area contributed by atoms with E-state index < -0.39 is 0 Å². The number of hydrogen-bond donors (Lipinski definition) is 2. The van der Waals surface area contributed by atoms with Gasteiger partial charge in [-0.25, -0.2) is 4.98 Å². The van der Waals surface area contributed by atoms with Crippen LogP contribution in [0.3, 0.4) is 0 Å². The first-order valence-corrected chi connectivity index (χ1v) is 7.17. The first kappa shape index (κ1) is 15.3. The summed E-state index contributed by atoms with van der Waals surface area (Å²) >= 11 is 0. The Kier molecular flexibility index (Phi) is 5.11. The van der Waals surface area contributed by atoms with E-state index >= 15 is 0 Å². The molecule has 1 heterocycles. The molecular weight excluding hydrogens is 264 g/mol. The highest BCUT2D eigenvalue weighted by Crippen LogP contribution is 2.15. The van der Waals surface area contributed by atoms with Crippen molar-refractivity contribution in [2.45, 2.75) is 32.9 Å². The third-order valence-electron chi connectivity index (χ3n) is 3.16. The second-order valence-corrected chi connectivity index (χ2v) is 5.57. The summed E-state index contributed by atoms with van der Waals surface area (Å²) in [4.78, 5) is 16.3. The molecule has 2 rings (SSSR count). The second-order valence-electron chi connectivity index (χ2n) is 5.57. The molecule has 0 radical (unpaired) electrons. The van der Waals surface area contributed by atoms with E-state index in [1.807, 2.05) is 41.1 Å². The lowest BCUT2D eigenvalue weighted by atomic mass is 10.0. The molecule has 112 valence electrons. The van der Waals surface area contributed by atoms with Crippen LogP contribution in [0, 0.1) is 5.92 Å². The van der Waals surface area contributed by atoms with E-state index in [1.165, 1.54) is 0 Å². The number of carbonyl (C=O) groups is 1. The zero-order valence-corrected chi connectivity index (χ0v) is 12.5. The number of rotatable bonds is 6. The minimum absolute atomic E-state index is 0.123. The van der Waals surface area contributed by atoms with Gasteiger partial charge in [0.2, 0.25) is 11.9 Å². The SMILES string of the molecule is CC(C)Cn1ccnc1NC(=O)CC(N)c1ccccc1. The van der Waals surface area contributed by atoms with Crippen LogP contribution in [0.1, 0.15) is 31.9 Å². The van der Waals surface area contributed by atoms with Gasteiger partial charge in [0.05, 0.1) is 0 Å². The Bertz CT molecular complexity index is 577. The summed E-state index contributed by atoms with van der Waals surface area (Å²) < 4.78 is 1.94. The molecule has 1 aromatic heterocycles. The minimum Gasteiger partial charge on any atom is -0.324 e. The maximum atomic E-state index is 12.1. The number of anilines is 1. The summed E-state index contributed by atoms with van der Waals surface area (Å²) in [6.45, 7) is 5.06. The largest absolute Gasteiger partial charge is 0.324 e. The Hall–Kier alpha value is -2.14. The van der Waals surface area contributed by atoms with E-state index in [0.717, 1.165) is 12.1 Å². The third kappa shape index (κ3) is 4.43. The van der Waals surface area contributed by atoms with E-state index in [2.05, 4.69) is 24.1 Å². The fraction of sp³-hybridized carbons (Fsp3) is 0.375. The zero-order valence-electron chi connectivity index (χ0n) is 12.5. The van der Waals surface area contributed by atoms with Gasteiger partial charge in [0.25, 0.3) is 0 Å². The standard InChI is InChI=1S/C16H22N4O/c1-12(2)11-20-9-8-18-16(20)19-15(21)10-14(17)13-6-4-3-5-7-13/h3-9,12,14H,10-11,17H2,1-2H3,(H,18,19,21). The molecule has 5 nitrogen and oxygen atoms in total. The Morgan fingerprint density at radius 3 is 2.71 bits per heavy atom. The van der Waals surface area contributed by atoms with Crippen LogP contribution in [0.25, 0.3) is 0 Å². The Labute approximate surface area is 125 Å². The number of amides is 1. The second kappa shape index (κ2) is 7.04. The Balaban J connectivity index is 1.94. The Morgan fingerprint density at radius 2 is 2.05 bits per heavy atom. The Morgan fingerprint density at radius 1 is 1.33 bits per heavy atom. The quantitative estimate of drug-likeness (QED) is 0.857. The van der Waals surface area contributed by atoms with Crippen LogP contribution in [-0.2, 0) is 11.3 Å². The smallest absolute Gasteiger partial charge is 0.228 e. The molecule has 0 aliphatic rings. The van der Waals surface area contributed by atoms with E-state index in [9.17, 15) is 4.79 Å². The van der Waals surface area contributed by atoms with Gasteiger partial charge in [-0.15, -0.1) is 0 Å². The molecular formula is C16H22N4O. The molecule has 0 spiro atoms. The molecule has 0 fully saturated rings. The molecule has 2 aromatic rings. The predicted octanol–water partition coefficient (Wildman–Crippen LogP) is 2.57. The van der Waals surface area contributed by atoms with E-state index in [-0.39, 0.29) is 18.4 Å². The van der Waals surface area contributed by atoms with Gasteiger partial charge in [-0.1, -0.05) is 44.2 Å². The number of hydrogen-bond acceptors (Lipinski definition) is 3. The number of benzene rings is 1. The van der Waals surface area contributed by atoms with Crippen LogP contribution in [0.15, 0.2) is 42.7 Å². The summed E-state index contributed by atoms with van der Waals surface area (Å²) in [5.41, 5.74) is 7.01. The molecule has 1 atom stereocenters. The van der Waals surface area contributed by atoms with Gasteiger partial charge < -0.3 is 10.3 Å². The van der Waals surface area contributed by atoms with Crippen molar-refractivity contribution < 1.29 is 4.79 Å². The zero-order chi connectivity index (χ0) is 15.2. The van der Waals surface area contributed by atoms with E-state index in [1.54, 1.807) is 6.20 Å². The van der Waals surface area contributed by atoms with Crippen LogP contribution >= 0.6 is 0 Å². The number of aromatic nitrogens is 2. The van der Waals surface area contributed by atoms with Crippen molar-refractivity contribution in [3.8, 4) is 0 Å². The van der Waals surface area contributed by atoms with Gasteiger partial charge in [0, 0.05) is 31.4 Å². The highest BCUT2D eigenvalue weighted by Gasteiger charge is 2.14. The van der Waals surface area contributed by atoms with Crippen molar-refractivity contribution in [3.05, 3.63) is 48.3 Å². The summed E-state index contributed by atoms with van der Waals surface area (Å²) in [6.07, 6.45) is 3.79. The predicted molar refractivity (Wildman–Crippen MR) is 83.7 cm³/mol. The van der Waals surface area contributed by atoms with Gasteiger partial charge in [0.1, 0.15) is 0 Å². The molecule has 0 saturated carbocycles. The third-order valence-corrected chi connectivity index (χ3v) is 3.16.